The van der Waals surface area contributed by atoms with E-state index in [-0.39, 0.29) is 11.7 Å². The van der Waals surface area contributed by atoms with E-state index in [1.807, 2.05) is 6.92 Å². The van der Waals surface area contributed by atoms with Crippen molar-refractivity contribution in [1.29, 1.82) is 0 Å². The Bertz CT molecular complexity index is 656. The van der Waals surface area contributed by atoms with Gasteiger partial charge in [0.05, 0.1) is 11.3 Å². The average Bonchev–Trinajstić information content (AvgIpc) is 2.43. The molecule has 0 unspecified atom stereocenters. The van der Waals surface area contributed by atoms with Crippen LogP contribution in [0.4, 0.5) is 15.8 Å². The second-order valence-electron chi connectivity index (χ2n) is 4.49. The van der Waals surface area contributed by atoms with E-state index < -0.39 is 0 Å². The minimum Gasteiger partial charge on any atom is -0.387 e. The first-order valence-electron chi connectivity index (χ1n) is 6.23. The van der Waals surface area contributed by atoms with Crippen molar-refractivity contribution in [3.63, 3.8) is 0 Å². The number of nitrogens with one attached hydrogen (secondary N) is 2. The van der Waals surface area contributed by atoms with Gasteiger partial charge in [-0.25, -0.2) is 4.39 Å². The summed E-state index contributed by atoms with van der Waals surface area (Å²) in [6.07, 6.45) is 1.51. The lowest BCUT2D eigenvalue weighted by molar-refractivity contribution is 0.102. The number of anilines is 2. The van der Waals surface area contributed by atoms with Crippen LogP contribution in [0.25, 0.3) is 0 Å². The molecule has 2 rings (SSSR count). The second-order valence-corrected chi connectivity index (χ2v) is 4.49. The predicted octanol–water partition coefficient (Wildman–Crippen LogP) is 3.13. The van der Waals surface area contributed by atoms with E-state index in [4.69, 9.17) is 0 Å². The number of halogens is 1. The van der Waals surface area contributed by atoms with Crippen molar-refractivity contribution >= 4 is 17.3 Å². The summed E-state index contributed by atoms with van der Waals surface area (Å²) in [6, 6.07) is 6.37. The number of hydrogen-bond donors (Lipinski definition) is 2. The fourth-order valence-electron chi connectivity index (χ4n) is 1.88. The zero-order valence-corrected chi connectivity index (χ0v) is 11.6. The van der Waals surface area contributed by atoms with Crippen LogP contribution in [0.15, 0.2) is 30.5 Å². The van der Waals surface area contributed by atoms with Crippen molar-refractivity contribution in [2.75, 3.05) is 17.7 Å². The maximum atomic E-state index is 13.5. The van der Waals surface area contributed by atoms with Gasteiger partial charge in [0.25, 0.3) is 5.91 Å². The zero-order valence-electron chi connectivity index (χ0n) is 11.6. The van der Waals surface area contributed by atoms with Gasteiger partial charge in [0.1, 0.15) is 5.82 Å². The highest BCUT2D eigenvalue weighted by atomic mass is 19.1. The highest BCUT2D eigenvalue weighted by Gasteiger charge is 2.13. The molecular weight excluding hydrogens is 257 g/mol. The number of pyridine rings is 1. The molecule has 20 heavy (non-hydrogen) atoms. The minimum absolute atomic E-state index is 0.324. The third-order valence-corrected chi connectivity index (χ3v) is 3.07. The van der Waals surface area contributed by atoms with Crippen LogP contribution in [-0.2, 0) is 0 Å². The Labute approximate surface area is 117 Å². The lowest BCUT2D eigenvalue weighted by atomic mass is 10.1. The molecule has 1 aromatic carbocycles. The van der Waals surface area contributed by atoms with Gasteiger partial charge in [0.2, 0.25) is 0 Å². The molecule has 0 aliphatic carbocycles. The van der Waals surface area contributed by atoms with E-state index in [0.717, 1.165) is 5.69 Å². The molecule has 0 spiro atoms. The van der Waals surface area contributed by atoms with Crippen molar-refractivity contribution in [2.24, 2.45) is 0 Å². The van der Waals surface area contributed by atoms with Crippen molar-refractivity contribution in [3.8, 4) is 0 Å². The first-order chi connectivity index (χ1) is 9.52. The Balaban J connectivity index is 2.31. The first-order valence-corrected chi connectivity index (χ1v) is 6.23. The fraction of sp³-hybridized carbons (Fsp3) is 0.200. The number of amides is 1. The molecule has 5 heteroatoms. The summed E-state index contributed by atoms with van der Waals surface area (Å²) in [7, 11) is 1.74. The molecule has 0 saturated heterocycles. The first kappa shape index (κ1) is 14.0. The van der Waals surface area contributed by atoms with Crippen LogP contribution in [0.5, 0.6) is 0 Å². The molecule has 0 radical (unpaired) electrons. The van der Waals surface area contributed by atoms with E-state index in [1.54, 1.807) is 32.2 Å². The number of rotatable bonds is 3. The van der Waals surface area contributed by atoms with Crippen molar-refractivity contribution in [2.45, 2.75) is 13.8 Å². The highest BCUT2D eigenvalue weighted by molar-refractivity contribution is 6.08. The van der Waals surface area contributed by atoms with Gasteiger partial charge in [-0.2, -0.15) is 0 Å². The van der Waals surface area contributed by atoms with Gasteiger partial charge >= 0.3 is 0 Å². The summed E-state index contributed by atoms with van der Waals surface area (Å²) < 4.78 is 13.5. The monoisotopic (exact) mass is 273 g/mol. The number of benzene rings is 1. The standard InChI is InChI=1S/C15H16FN3O/c1-9-7-14(17-3)11(8-18-9)15(20)19-13-6-4-5-12(16)10(13)2/h4-8H,1-3H3,(H,17,18)(H,19,20). The van der Waals surface area contributed by atoms with Crippen LogP contribution in [0.1, 0.15) is 21.6 Å². The third kappa shape index (κ3) is 2.77. The van der Waals surface area contributed by atoms with E-state index in [2.05, 4.69) is 15.6 Å². The Morgan fingerprint density at radius 1 is 1.25 bits per heavy atom. The van der Waals surface area contributed by atoms with Crippen LogP contribution in [0.2, 0.25) is 0 Å². The number of hydrogen-bond acceptors (Lipinski definition) is 3. The highest BCUT2D eigenvalue weighted by Crippen LogP contribution is 2.21. The SMILES string of the molecule is CNc1cc(C)ncc1C(=O)Nc1cccc(F)c1C. The Morgan fingerprint density at radius 3 is 2.70 bits per heavy atom. The summed E-state index contributed by atoms with van der Waals surface area (Å²) in [5.41, 5.74) is 2.78. The van der Waals surface area contributed by atoms with Crippen LogP contribution in [0.3, 0.4) is 0 Å². The Kier molecular flexibility index (Phi) is 3.98. The lowest BCUT2D eigenvalue weighted by Crippen LogP contribution is -2.15. The van der Waals surface area contributed by atoms with Gasteiger partial charge < -0.3 is 10.6 Å². The third-order valence-electron chi connectivity index (χ3n) is 3.07. The molecule has 0 aliphatic heterocycles. The molecule has 2 N–H and O–H groups in total. The van der Waals surface area contributed by atoms with Gasteiger partial charge in [-0.1, -0.05) is 6.07 Å². The van der Waals surface area contributed by atoms with Crippen LogP contribution in [-0.4, -0.2) is 17.9 Å². The van der Waals surface area contributed by atoms with E-state index in [9.17, 15) is 9.18 Å². The quantitative estimate of drug-likeness (QED) is 0.903. The molecule has 0 atom stereocenters. The number of aryl methyl sites for hydroxylation is 1. The maximum Gasteiger partial charge on any atom is 0.259 e. The molecule has 0 saturated carbocycles. The number of carbonyl (C=O) groups is 1. The molecular formula is C15H16FN3O. The summed E-state index contributed by atoms with van der Waals surface area (Å²) in [6.45, 7) is 3.47. The topological polar surface area (TPSA) is 54.0 Å². The van der Waals surface area contributed by atoms with Gasteiger partial charge in [-0.05, 0) is 32.0 Å². The van der Waals surface area contributed by atoms with Crippen LogP contribution >= 0.6 is 0 Å². The van der Waals surface area contributed by atoms with Gasteiger partial charge in [-0.3, -0.25) is 9.78 Å². The van der Waals surface area contributed by atoms with E-state index in [0.29, 0.717) is 22.5 Å². The maximum absolute atomic E-state index is 13.5. The average molecular weight is 273 g/mol. The molecule has 1 heterocycles. The van der Waals surface area contributed by atoms with Crippen LogP contribution < -0.4 is 10.6 Å². The van der Waals surface area contributed by atoms with E-state index >= 15 is 0 Å². The normalized spacial score (nSPS) is 10.2. The molecule has 1 aromatic heterocycles. The zero-order chi connectivity index (χ0) is 14.7. The summed E-state index contributed by atoms with van der Waals surface area (Å²) >= 11 is 0. The molecule has 0 fully saturated rings. The largest absolute Gasteiger partial charge is 0.387 e. The van der Waals surface area contributed by atoms with Gasteiger partial charge in [-0.15, -0.1) is 0 Å². The molecule has 0 aliphatic rings. The molecule has 0 bridgehead atoms. The summed E-state index contributed by atoms with van der Waals surface area (Å²) in [4.78, 5) is 16.4. The van der Waals surface area contributed by atoms with Crippen LogP contribution in [0, 0.1) is 19.7 Å². The van der Waals surface area contributed by atoms with Gasteiger partial charge in [0, 0.05) is 30.2 Å². The molecule has 104 valence electrons. The molecule has 1 amide bonds. The number of carbonyl (C=O) groups excluding carboxylic acids is 1. The number of aromatic nitrogens is 1. The van der Waals surface area contributed by atoms with Crippen molar-refractivity contribution in [3.05, 3.63) is 53.1 Å². The molecule has 4 nitrogen and oxygen atoms in total. The van der Waals surface area contributed by atoms with Crippen molar-refractivity contribution in [1.82, 2.24) is 4.98 Å². The summed E-state index contributed by atoms with van der Waals surface area (Å²) in [5.74, 6) is -0.672. The Hall–Kier alpha value is -2.43. The predicted molar refractivity (Wildman–Crippen MR) is 77.6 cm³/mol. The fourth-order valence-corrected chi connectivity index (χ4v) is 1.88. The second kappa shape index (κ2) is 5.69. The smallest absolute Gasteiger partial charge is 0.259 e. The summed E-state index contributed by atoms with van der Waals surface area (Å²) in [5, 5.41) is 5.66. The minimum atomic E-state index is -0.348. The van der Waals surface area contributed by atoms with E-state index in [1.165, 1.54) is 12.3 Å². The Morgan fingerprint density at radius 2 is 2.00 bits per heavy atom. The van der Waals surface area contributed by atoms with Crippen molar-refractivity contribution < 1.29 is 9.18 Å². The van der Waals surface area contributed by atoms with Gasteiger partial charge in [0.15, 0.2) is 0 Å². The molecule has 2 aromatic rings. The lowest BCUT2D eigenvalue weighted by Gasteiger charge is -2.12. The number of nitrogens with zero attached hydrogens (tertiary/aromatic N) is 1.